The van der Waals surface area contributed by atoms with Crippen LogP contribution < -0.4 is 5.73 Å². The molecule has 0 aliphatic carbocycles. The van der Waals surface area contributed by atoms with Crippen molar-refractivity contribution in [1.29, 1.82) is 0 Å². The molecular formula is C6H11NO4. The second-order valence-electron chi connectivity index (χ2n) is 1.46. The number of carboxylic acid groups (broad SMARTS) is 1. The number of esters is 1. The van der Waals surface area contributed by atoms with Crippen molar-refractivity contribution in [2.75, 3.05) is 7.11 Å². The van der Waals surface area contributed by atoms with Crippen molar-refractivity contribution in [2.24, 2.45) is 5.73 Å². The van der Waals surface area contributed by atoms with Crippen molar-refractivity contribution >= 4 is 11.9 Å². The maximum absolute atomic E-state index is 11.0. The SMILES string of the molecule is [2H]C([2H])(C(=O)OC)C([2H])([2H])[C@]([2H])(N)C(=O)O. The van der Waals surface area contributed by atoms with Gasteiger partial charge in [0.25, 0.3) is 0 Å². The third kappa shape index (κ3) is 4.32. The van der Waals surface area contributed by atoms with Crippen LogP contribution in [0, 0.1) is 0 Å². The Hall–Kier alpha value is -1.10. The molecule has 5 nitrogen and oxygen atoms in total. The summed E-state index contributed by atoms with van der Waals surface area (Å²) in [6.07, 6.45) is -6.81. The molecule has 1 atom stereocenters. The summed E-state index contributed by atoms with van der Waals surface area (Å²) in [5, 5.41) is 8.52. The van der Waals surface area contributed by atoms with Crippen molar-refractivity contribution in [1.82, 2.24) is 0 Å². The first-order valence-corrected chi connectivity index (χ1v) is 2.53. The maximum Gasteiger partial charge on any atom is 0.320 e. The summed E-state index contributed by atoms with van der Waals surface area (Å²) in [6.45, 7) is 0. The predicted molar refractivity (Wildman–Crippen MR) is 36.9 cm³/mol. The van der Waals surface area contributed by atoms with Crippen LogP contribution in [0.1, 0.15) is 19.6 Å². The van der Waals surface area contributed by atoms with Gasteiger partial charge in [0.05, 0.1) is 8.48 Å². The zero-order valence-electron chi connectivity index (χ0n) is 10.7. The van der Waals surface area contributed by atoms with E-state index >= 15 is 0 Å². The number of methoxy groups -OCH3 is 1. The van der Waals surface area contributed by atoms with E-state index in [9.17, 15) is 9.59 Å². The first-order chi connectivity index (χ1) is 6.92. The summed E-state index contributed by atoms with van der Waals surface area (Å²) >= 11 is 0. The van der Waals surface area contributed by atoms with Crippen LogP contribution in [0.3, 0.4) is 0 Å². The van der Waals surface area contributed by atoms with E-state index in [2.05, 4.69) is 4.74 Å². The fraction of sp³-hybridized carbons (Fsp3) is 0.667. The van der Waals surface area contributed by atoms with E-state index in [1.807, 2.05) is 0 Å². The number of carbonyl (C=O) groups excluding carboxylic acids is 1. The van der Waals surface area contributed by atoms with Gasteiger partial charge in [0.15, 0.2) is 0 Å². The van der Waals surface area contributed by atoms with Gasteiger partial charge in [-0.15, -0.1) is 0 Å². The Labute approximate surface area is 71.2 Å². The van der Waals surface area contributed by atoms with Crippen LogP contribution >= 0.6 is 0 Å². The van der Waals surface area contributed by atoms with Crippen LogP contribution in [0.2, 0.25) is 0 Å². The van der Waals surface area contributed by atoms with Crippen LogP contribution in [0.15, 0.2) is 0 Å². The molecule has 0 heterocycles. The largest absolute Gasteiger partial charge is 0.480 e. The molecule has 0 fully saturated rings. The number of carbonyl (C=O) groups is 2. The zero-order valence-corrected chi connectivity index (χ0v) is 5.75. The molecule has 0 spiro atoms. The van der Waals surface area contributed by atoms with Gasteiger partial charge in [0, 0.05) is 11.9 Å². The minimum atomic E-state index is -3.46. The van der Waals surface area contributed by atoms with Gasteiger partial charge in [-0.05, 0) is 6.37 Å². The number of nitrogens with two attached hydrogens (primary N) is 1. The van der Waals surface area contributed by atoms with Gasteiger partial charge in [-0.2, -0.15) is 0 Å². The highest BCUT2D eigenvalue weighted by atomic mass is 16.5. The van der Waals surface area contributed by atoms with Gasteiger partial charge in [-0.1, -0.05) is 0 Å². The molecule has 0 rings (SSSR count). The first kappa shape index (κ1) is 4.06. The van der Waals surface area contributed by atoms with Crippen molar-refractivity contribution in [3.63, 3.8) is 0 Å². The average molecular weight is 166 g/mol. The number of hydrogen-bond donors (Lipinski definition) is 2. The summed E-state index contributed by atoms with van der Waals surface area (Å²) in [4.78, 5) is 21.5. The molecule has 0 radical (unpaired) electrons. The van der Waals surface area contributed by atoms with Crippen molar-refractivity contribution < 1.29 is 26.3 Å². The fourth-order valence-electron chi connectivity index (χ4n) is 0.223. The molecular weight excluding hydrogens is 150 g/mol. The smallest absolute Gasteiger partial charge is 0.320 e. The molecule has 0 bridgehead atoms. The van der Waals surface area contributed by atoms with Gasteiger partial charge in [0.2, 0.25) is 0 Å². The maximum atomic E-state index is 11.0. The lowest BCUT2D eigenvalue weighted by atomic mass is 10.2. The average Bonchev–Trinajstić information content (AvgIpc) is 2.15. The minimum absolute atomic E-state index is 0.805. The molecule has 5 heteroatoms. The van der Waals surface area contributed by atoms with E-state index in [4.69, 9.17) is 17.7 Å². The zero-order chi connectivity index (χ0) is 13.4. The van der Waals surface area contributed by atoms with Gasteiger partial charge in [-0.3, -0.25) is 9.59 Å². The Balaban J connectivity index is 5.51. The molecule has 11 heavy (non-hydrogen) atoms. The molecule has 3 N–H and O–H groups in total. The summed E-state index contributed by atoms with van der Waals surface area (Å²) in [5.41, 5.74) is 4.86. The van der Waals surface area contributed by atoms with Crippen LogP contribution in [0.25, 0.3) is 0 Å². The van der Waals surface area contributed by atoms with Crippen LogP contribution in [0.4, 0.5) is 0 Å². The van der Waals surface area contributed by atoms with Crippen LogP contribution in [-0.2, 0) is 14.3 Å². The van der Waals surface area contributed by atoms with E-state index in [0.717, 1.165) is 7.11 Å². The van der Waals surface area contributed by atoms with E-state index in [1.165, 1.54) is 0 Å². The standard InChI is InChI=1S/C6H11NO4/c1-11-5(8)3-2-4(7)6(9)10/h4H,2-3,7H2,1H3,(H,9,10)/t4-/m0/s1/i2D2,3D2,4D. The van der Waals surface area contributed by atoms with Gasteiger partial charge >= 0.3 is 11.9 Å². The van der Waals surface area contributed by atoms with Crippen LogP contribution in [0.5, 0.6) is 0 Å². The Morgan fingerprint density at radius 1 is 1.91 bits per heavy atom. The highest BCUT2D eigenvalue weighted by molar-refractivity contribution is 5.75. The van der Waals surface area contributed by atoms with Gasteiger partial charge in [-0.25, -0.2) is 0 Å². The van der Waals surface area contributed by atoms with Crippen molar-refractivity contribution in [3.05, 3.63) is 0 Å². The lowest BCUT2D eigenvalue weighted by Gasteiger charge is -2.03. The molecule has 0 saturated heterocycles. The quantitative estimate of drug-likeness (QED) is 0.542. The topological polar surface area (TPSA) is 89.6 Å². The van der Waals surface area contributed by atoms with E-state index < -0.39 is 30.7 Å². The Morgan fingerprint density at radius 3 is 2.82 bits per heavy atom. The molecule has 0 aromatic heterocycles. The molecule has 0 aliphatic heterocycles. The van der Waals surface area contributed by atoms with E-state index in [-0.39, 0.29) is 0 Å². The third-order valence-electron chi connectivity index (χ3n) is 0.715. The Kier molecular flexibility index (Phi) is 1.72. The molecule has 64 valence electrons. The first-order valence-electron chi connectivity index (χ1n) is 5.03. The highest BCUT2D eigenvalue weighted by Crippen LogP contribution is 1.95. The molecule has 0 saturated carbocycles. The number of aliphatic carboxylic acids is 1. The second-order valence-corrected chi connectivity index (χ2v) is 1.46. The molecule has 0 unspecified atom stereocenters. The monoisotopic (exact) mass is 166 g/mol. The van der Waals surface area contributed by atoms with Gasteiger partial charge in [0.1, 0.15) is 6.02 Å². The number of hydrogen-bond acceptors (Lipinski definition) is 4. The Bertz CT molecular complexity index is 316. The second kappa shape index (κ2) is 4.68. The lowest BCUT2D eigenvalue weighted by Crippen LogP contribution is -2.30. The summed E-state index contributed by atoms with van der Waals surface area (Å²) in [7, 11) is 0.805. The summed E-state index contributed by atoms with van der Waals surface area (Å²) in [5.74, 6) is -3.73. The fourth-order valence-corrected chi connectivity index (χ4v) is 0.223. The predicted octanol–water partition coefficient (Wildman–Crippen LogP) is -0.649. The molecule has 0 aromatic carbocycles. The minimum Gasteiger partial charge on any atom is -0.480 e. The van der Waals surface area contributed by atoms with E-state index in [0.29, 0.717) is 0 Å². The third-order valence-corrected chi connectivity index (χ3v) is 0.715. The summed E-state index contributed by atoms with van der Waals surface area (Å²) < 4.78 is 39.7. The molecule has 0 aliphatic rings. The summed E-state index contributed by atoms with van der Waals surface area (Å²) in [6, 6.07) is -3.31. The van der Waals surface area contributed by atoms with Crippen molar-refractivity contribution in [2.45, 2.75) is 18.8 Å². The Morgan fingerprint density at radius 2 is 2.45 bits per heavy atom. The number of rotatable bonds is 4. The number of carboxylic acids is 1. The molecule has 0 aromatic rings. The number of ether oxygens (including phenoxy) is 1. The van der Waals surface area contributed by atoms with E-state index in [1.54, 1.807) is 0 Å². The normalized spacial score (nSPS) is 24.4. The lowest BCUT2D eigenvalue weighted by molar-refractivity contribution is -0.141. The van der Waals surface area contributed by atoms with Crippen molar-refractivity contribution in [3.8, 4) is 0 Å². The highest BCUT2D eigenvalue weighted by Gasteiger charge is 2.12. The van der Waals surface area contributed by atoms with Gasteiger partial charge < -0.3 is 15.6 Å². The van der Waals surface area contributed by atoms with Crippen LogP contribution in [-0.4, -0.2) is 30.2 Å². The molecule has 0 amide bonds.